The number of methoxy groups -OCH3 is 1. The molecule has 0 spiro atoms. The van der Waals surface area contributed by atoms with Crippen molar-refractivity contribution >= 4 is 27.3 Å². The highest BCUT2D eigenvalue weighted by molar-refractivity contribution is 7.92. The summed E-state index contributed by atoms with van der Waals surface area (Å²) in [6.45, 7) is 4.38. The van der Waals surface area contributed by atoms with Gasteiger partial charge in [-0.25, -0.2) is 8.42 Å². The van der Waals surface area contributed by atoms with Gasteiger partial charge in [-0.1, -0.05) is 0 Å². The van der Waals surface area contributed by atoms with E-state index in [0.29, 0.717) is 24.4 Å². The molecule has 0 aliphatic carbocycles. The van der Waals surface area contributed by atoms with Crippen LogP contribution in [0.3, 0.4) is 0 Å². The molecule has 1 aliphatic rings. The zero-order valence-corrected chi connectivity index (χ0v) is 16.6. The van der Waals surface area contributed by atoms with Gasteiger partial charge in [0.1, 0.15) is 5.75 Å². The van der Waals surface area contributed by atoms with E-state index < -0.39 is 10.0 Å². The number of carbonyl (C=O) groups is 1. The number of aryl methyl sites for hydroxylation is 2. The predicted molar refractivity (Wildman–Crippen MR) is 106 cm³/mol. The lowest BCUT2D eigenvalue weighted by Gasteiger charge is -2.28. The third-order valence-electron chi connectivity index (χ3n) is 4.74. The largest absolute Gasteiger partial charge is 0.496 e. The van der Waals surface area contributed by atoms with Gasteiger partial charge < -0.3 is 9.64 Å². The molecule has 0 unspecified atom stereocenters. The minimum Gasteiger partial charge on any atom is -0.496 e. The standard InChI is InChI=1S/C20H24N2O4S/c1-14-12-16(7-9-18(14)22-11-5-4-6-20(22)23)21-27(24,25)17-8-10-19(26-3)15(2)13-17/h7-10,12-13,21H,4-6,11H2,1-3H3. The molecule has 3 rings (SSSR count). The van der Waals surface area contributed by atoms with Crippen LogP contribution in [0.25, 0.3) is 0 Å². The minimum absolute atomic E-state index is 0.117. The fourth-order valence-corrected chi connectivity index (χ4v) is 4.45. The fourth-order valence-electron chi connectivity index (χ4n) is 3.31. The molecule has 0 bridgehead atoms. The summed E-state index contributed by atoms with van der Waals surface area (Å²) in [5.74, 6) is 0.756. The van der Waals surface area contributed by atoms with Crippen molar-refractivity contribution in [3.8, 4) is 5.75 Å². The first-order valence-electron chi connectivity index (χ1n) is 8.90. The average molecular weight is 388 g/mol. The van der Waals surface area contributed by atoms with Crippen LogP contribution in [0.15, 0.2) is 41.3 Å². The number of nitrogens with one attached hydrogen (secondary N) is 1. The number of hydrogen-bond acceptors (Lipinski definition) is 4. The van der Waals surface area contributed by atoms with E-state index in [-0.39, 0.29) is 10.8 Å². The van der Waals surface area contributed by atoms with Gasteiger partial charge in [-0.15, -0.1) is 0 Å². The zero-order chi connectivity index (χ0) is 19.6. The van der Waals surface area contributed by atoms with E-state index in [1.54, 1.807) is 49.3 Å². The summed E-state index contributed by atoms with van der Waals surface area (Å²) < 4.78 is 33.2. The van der Waals surface area contributed by atoms with Crippen molar-refractivity contribution < 1.29 is 17.9 Å². The minimum atomic E-state index is -3.71. The number of ether oxygens (including phenoxy) is 1. The average Bonchev–Trinajstić information content (AvgIpc) is 2.62. The lowest BCUT2D eigenvalue weighted by molar-refractivity contribution is -0.119. The van der Waals surface area contributed by atoms with E-state index in [4.69, 9.17) is 4.74 Å². The summed E-state index contributed by atoms with van der Waals surface area (Å²) in [5, 5.41) is 0. The van der Waals surface area contributed by atoms with Crippen molar-refractivity contribution in [2.24, 2.45) is 0 Å². The van der Waals surface area contributed by atoms with Crippen LogP contribution in [0.2, 0.25) is 0 Å². The van der Waals surface area contributed by atoms with E-state index in [0.717, 1.165) is 29.7 Å². The van der Waals surface area contributed by atoms with Crippen LogP contribution in [0, 0.1) is 13.8 Å². The van der Waals surface area contributed by atoms with E-state index in [2.05, 4.69) is 4.72 Å². The Hall–Kier alpha value is -2.54. The Kier molecular flexibility index (Phi) is 5.41. The first-order chi connectivity index (χ1) is 12.8. The summed E-state index contributed by atoms with van der Waals surface area (Å²) in [4.78, 5) is 14.1. The van der Waals surface area contributed by atoms with Crippen molar-refractivity contribution in [2.45, 2.75) is 38.0 Å². The number of amides is 1. The van der Waals surface area contributed by atoms with Crippen molar-refractivity contribution in [3.63, 3.8) is 0 Å². The van der Waals surface area contributed by atoms with Crippen LogP contribution in [-0.4, -0.2) is 28.0 Å². The van der Waals surface area contributed by atoms with Crippen molar-refractivity contribution in [3.05, 3.63) is 47.5 Å². The van der Waals surface area contributed by atoms with Gasteiger partial charge in [0.2, 0.25) is 5.91 Å². The number of rotatable bonds is 5. The highest BCUT2D eigenvalue weighted by Gasteiger charge is 2.22. The molecule has 0 aromatic heterocycles. The molecule has 0 atom stereocenters. The number of nitrogens with zero attached hydrogens (tertiary/aromatic N) is 1. The summed E-state index contributed by atoms with van der Waals surface area (Å²) in [6.07, 6.45) is 2.47. The van der Waals surface area contributed by atoms with Gasteiger partial charge in [-0.05, 0) is 74.2 Å². The fraction of sp³-hybridized carbons (Fsp3) is 0.350. The lowest BCUT2D eigenvalue weighted by Crippen LogP contribution is -2.35. The molecule has 7 heteroatoms. The number of anilines is 2. The molecule has 6 nitrogen and oxygen atoms in total. The summed E-state index contributed by atoms with van der Waals surface area (Å²) in [6, 6.07) is 9.98. The molecule has 144 valence electrons. The van der Waals surface area contributed by atoms with Gasteiger partial charge in [0.15, 0.2) is 0 Å². The molecule has 1 N–H and O–H groups in total. The monoisotopic (exact) mass is 388 g/mol. The quantitative estimate of drug-likeness (QED) is 0.849. The van der Waals surface area contributed by atoms with E-state index in [1.165, 1.54) is 6.07 Å². The second kappa shape index (κ2) is 7.60. The molecule has 0 saturated carbocycles. The van der Waals surface area contributed by atoms with Crippen LogP contribution in [0.1, 0.15) is 30.4 Å². The molecule has 0 radical (unpaired) electrons. The highest BCUT2D eigenvalue weighted by atomic mass is 32.2. The second-order valence-corrected chi connectivity index (χ2v) is 8.42. The van der Waals surface area contributed by atoms with Crippen molar-refractivity contribution in [2.75, 3.05) is 23.3 Å². The first kappa shape index (κ1) is 19.2. The molecular formula is C20H24N2O4S. The molecule has 1 aliphatic heterocycles. The Labute approximate surface area is 160 Å². The molecule has 2 aromatic carbocycles. The van der Waals surface area contributed by atoms with Crippen LogP contribution in [0.5, 0.6) is 5.75 Å². The Morgan fingerprint density at radius 1 is 1.04 bits per heavy atom. The highest BCUT2D eigenvalue weighted by Crippen LogP contribution is 2.28. The molecule has 1 heterocycles. The normalized spacial score (nSPS) is 14.9. The lowest BCUT2D eigenvalue weighted by atomic mass is 10.1. The smallest absolute Gasteiger partial charge is 0.261 e. The van der Waals surface area contributed by atoms with Crippen LogP contribution >= 0.6 is 0 Å². The maximum absolute atomic E-state index is 12.7. The zero-order valence-electron chi connectivity index (χ0n) is 15.8. The van der Waals surface area contributed by atoms with Crippen LogP contribution in [0.4, 0.5) is 11.4 Å². The van der Waals surface area contributed by atoms with Crippen LogP contribution < -0.4 is 14.4 Å². The third kappa shape index (κ3) is 4.08. The maximum Gasteiger partial charge on any atom is 0.261 e. The number of hydrogen-bond donors (Lipinski definition) is 1. The van der Waals surface area contributed by atoms with Gasteiger partial charge in [-0.2, -0.15) is 0 Å². The van der Waals surface area contributed by atoms with Crippen LogP contribution in [-0.2, 0) is 14.8 Å². The molecular weight excluding hydrogens is 364 g/mol. The van der Waals surface area contributed by atoms with E-state index >= 15 is 0 Å². The molecule has 1 saturated heterocycles. The molecule has 1 fully saturated rings. The van der Waals surface area contributed by atoms with Crippen molar-refractivity contribution in [1.82, 2.24) is 0 Å². The van der Waals surface area contributed by atoms with Gasteiger partial charge in [-0.3, -0.25) is 9.52 Å². The SMILES string of the molecule is COc1ccc(S(=O)(=O)Nc2ccc(N3CCCCC3=O)c(C)c2)cc1C. The van der Waals surface area contributed by atoms with Crippen molar-refractivity contribution in [1.29, 1.82) is 0 Å². The van der Waals surface area contributed by atoms with Gasteiger partial charge in [0.25, 0.3) is 10.0 Å². The number of benzene rings is 2. The number of sulfonamides is 1. The Morgan fingerprint density at radius 2 is 1.81 bits per heavy atom. The van der Waals surface area contributed by atoms with E-state index in [1.807, 2.05) is 6.92 Å². The Balaban J connectivity index is 1.84. The second-order valence-electron chi connectivity index (χ2n) is 6.74. The summed E-state index contributed by atoms with van der Waals surface area (Å²) in [7, 11) is -2.16. The molecule has 2 aromatic rings. The predicted octanol–water partition coefficient (Wildman–Crippen LogP) is 3.63. The Bertz CT molecular complexity index is 970. The van der Waals surface area contributed by atoms with E-state index in [9.17, 15) is 13.2 Å². The Morgan fingerprint density at radius 3 is 2.44 bits per heavy atom. The number of carbonyl (C=O) groups excluding carboxylic acids is 1. The topological polar surface area (TPSA) is 75.7 Å². The molecule has 27 heavy (non-hydrogen) atoms. The number of piperidine rings is 1. The van der Waals surface area contributed by atoms with Gasteiger partial charge in [0.05, 0.1) is 12.0 Å². The molecule has 1 amide bonds. The maximum atomic E-state index is 12.7. The first-order valence-corrected chi connectivity index (χ1v) is 10.4. The summed E-state index contributed by atoms with van der Waals surface area (Å²) in [5.41, 5.74) is 2.91. The van der Waals surface area contributed by atoms with Gasteiger partial charge in [0, 0.05) is 24.3 Å². The third-order valence-corrected chi connectivity index (χ3v) is 6.12. The van der Waals surface area contributed by atoms with Gasteiger partial charge >= 0.3 is 0 Å². The summed E-state index contributed by atoms with van der Waals surface area (Å²) >= 11 is 0.